The van der Waals surface area contributed by atoms with Crippen LogP contribution < -0.4 is 0 Å². The maximum Gasteiger partial charge on any atom is 0.340 e. The Labute approximate surface area is 152 Å². The van der Waals surface area contributed by atoms with Crippen molar-refractivity contribution in [1.82, 2.24) is 4.90 Å². The van der Waals surface area contributed by atoms with Gasteiger partial charge in [-0.25, -0.2) is 4.79 Å². The molecule has 0 spiro atoms. The van der Waals surface area contributed by atoms with Crippen molar-refractivity contribution in [1.29, 1.82) is 0 Å². The average molecular weight is 353 g/mol. The van der Waals surface area contributed by atoms with Crippen LogP contribution in [0, 0.1) is 5.41 Å². The van der Waals surface area contributed by atoms with E-state index >= 15 is 0 Å². The van der Waals surface area contributed by atoms with E-state index in [-0.39, 0.29) is 22.5 Å². The van der Waals surface area contributed by atoms with Gasteiger partial charge in [-0.2, -0.15) is 0 Å². The van der Waals surface area contributed by atoms with Gasteiger partial charge in [0.05, 0.1) is 18.7 Å². The Kier molecular flexibility index (Phi) is 3.72. The van der Waals surface area contributed by atoms with Gasteiger partial charge in [-0.05, 0) is 29.4 Å². The summed E-state index contributed by atoms with van der Waals surface area (Å²) in [7, 11) is 1.30. The summed E-state index contributed by atoms with van der Waals surface area (Å²) in [5.41, 5.74) is 3.32. The van der Waals surface area contributed by atoms with E-state index in [1.165, 1.54) is 7.11 Å². The molecule has 1 atom stereocenters. The van der Waals surface area contributed by atoms with Crippen molar-refractivity contribution in [2.24, 2.45) is 5.41 Å². The molecule has 1 aromatic carbocycles. The van der Waals surface area contributed by atoms with E-state index in [0.29, 0.717) is 25.0 Å². The summed E-state index contributed by atoms with van der Waals surface area (Å²) in [5, 5.41) is 10.9. The molecule has 0 amide bonds. The van der Waals surface area contributed by atoms with Gasteiger partial charge in [0.25, 0.3) is 0 Å². The molecule has 0 bridgehead atoms. The summed E-state index contributed by atoms with van der Waals surface area (Å²) in [4.78, 5) is 27.5. The Balaban J connectivity index is 1.97. The first-order chi connectivity index (χ1) is 12.3. The lowest BCUT2D eigenvalue weighted by atomic mass is 9.71. The Morgan fingerprint density at radius 1 is 1.27 bits per heavy atom. The Morgan fingerprint density at radius 2 is 2.00 bits per heavy atom. The van der Waals surface area contributed by atoms with Crippen molar-refractivity contribution < 1.29 is 19.4 Å². The minimum absolute atomic E-state index is 0.104. The zero-order chi connectivity index (χ0) is 18.6. The molecule has 0 saturated carbocycles. The second-order valence-electron chi connectivity index (χ2n) is 8.06. The highest BCUT2D eigenvalue weighted by Gasteiger charge is 2.47. The monoisotopic (exact) mass is 353 g/mol. The third-order valence-corrected chi connectivity index (χ3v) is 5.65. The number of benzene rings is 1. The van der Waals surface area contributed by atoms with Crippen molar-refractivity contribution in [2.75, 3.05) is 13.7 Å². The molecule has 0 unspecified atom stereocenters. The quantitative estimate of drug-likeness (QED) is 0.785. The lowest BCUT2D eigenvalue weighted by Crippen LogP contribution is -2.45. The van der Waals surface area contributed by atoms with Crippen LogP contribution in [-0.4, -0.2) is 35.4 Å². The topological polar surface area (TPSA) is 66.8 Å². The molecule has 0 radical (unpaired) electrons. The average Bonchev–Trinajstić information content (AvgIpc) is 2.59. The highest BCUT2D eigenvalue weighted by Crippen LogP contribution is 2.50. The van der Waals surface area contributed by atoms with Gasteiger partial charge in [-0.1, -0.05) is 38.1 Å². The van der Waals surface area contributed by atoms with Crippen molar-refractivity contribution in [3.63, 3.8) is 0 Å². The second-order valence-corrected chi connectivity index (χ2v) is 8.06. The molecule has 0 saturated heterocycles. The lowest BCUT2D eigenvalue weighted by molar-refractivity contribution is -0.137. The summed E-state index contributed by atoms with van der Waals surface area (Å²) in [6, 6.07) is 7.56. The second kappa shape index (κ2) is 5.73. The number of esters is 1. The van der Waals surface area contributed by atoms with Gasteiger partial charge in [0.15, 0.2) is 5.78 Å². The van der Waals surface area contributed by atoms with Gasteiger partial charge in [-0.3, -0.25) is 4.79 Å². The van der Waals surface area contributed by atoms with E-state index in [0.717, 1.165) is 23.2 Å². The number of hydrogen-bond acceptors (Lipinski definition) is 5. The zero-order valence-corrected chi connectivity index (χ0v) is 15.3. The van der Waals surface area contributed by atoms with Gasteiger partial charge >= 0.3 is 5.97 Å². The van der Waals surface area contributed by atoms with E-state index in [1.54, 1.807) is 0 Å². The third-order valence-electron chi connectivity index (χ3n) is 5.65. The number of ketones is 1. The van der Waals surface area contributed by atoms with Crippen LogP contribution in [0.1, 0.15) is 43.9 Å². The minimum Gasteiger partial charge on any atom is -0.506 e. The highest BCUT2D eigenvalue weighted by atomic mass is 16.5. The highest BCUT2D eigenvalue weighted by molar-refractivity contribution is 6.04. The van der Waals surface area contributed by atoms with E-state index in [1.807, 2.05) is 18.2 Å². The van der Waals surface area contributed by atoms with Crippen LogP contribution in [0.5, 0.6) is 0 Å². The summed E-state index contributed by atoms with van der Waals surface area (Å²) in [6.07, 6.45) is 1.90. The largest absolute Gasteiger partial charge is 0.506 e. The molecule has 2 heterocycles. The maximum atomic E-state index is 12.8. The molecular formula is C21H23NO4. The molecule has 5 heteroatoms. The standard InChI is InChI=1S/C21H23NO4/c1-21(2)10-14-16(15(23)11-21)19(24)17(20(25)26-3)18-13-7-5-4-6-12(13)8-9-22(14)18/h4-7,18,24H,8-11H2,1-3H3/t18-/m1/s1. The first-order valence-corrected chi connectivity index (χ1v) is 8.96. The zero-order valence-electron chi connectivity index (χ0n) is 15.3. The summed E-state index contributed by atoms with van der Waals surface area (Å²) in [5.74, 6) is -0.892. The lowest BCUT2D eigenvalue weighted by Gasteiger charge is -2.47. The van der Waals surface area contributed by atoms with Gasteiger partial charge in [-0.15, -0.1) is 0 Å². The first kappa shape index (κ1) is 16.9. The number of aliphatic hydroxyl groups excluding tert-OH is 1. The van der Waals surface area contributed by atoms with Crippen molar-refractivity contribution in [2.45, 2.75) is 39.2 Å². The first-order valence-electron chi connectivity index (χ1n) is 8.96. The number of Topliss-reactive ketones (excluding diaryl/α,β-unsaturated/α-hetero) is 1. The van der Waals surface area contributed by atoms with E-state index < -0.39 is 12.0 Å². The van der Waals surface area contributed by atoms with Crippen molar-refractivity contribution in [3.05, 3.63) is 58.0 Å². The fraction of sp³-hybridized carbons (Fsp3) is 0.429. The number of rotatable bonds is 1. The molecule has 136 valence electrons. The van der Waals surface area contributed by atoms with Gasteiger partial charge in [0.1, 0.15) is 11.3 Å². The molecule has 1 aromatic rings. The van der Waals surface area contributed by atoms with Gasteiger partial charge in [0.2, 0.25) is 0 Å². The fourth-order valence-electron chi connectivity index (χ4n) is 4.55. The number of fused-ring (bicyclic) bond motifs is 4. The molecular weight excluding hydrogens is 330 g/mol. The molecule has 3 aliphatic rings. The fourth-order valence-corrected chi connectivity index (χ4v) is 4.55. The van der Waals surface area contributed by atoms with Crippen LogP contribution in [0.15, 0.2) is 46.9 Å². The van der Waals surface area contributed by atoms with E-state index in [4.69, 9.17) is 4.74 Å². The Bertz CT molecular complexity index is 878. The van der Waals surface area contributed by atoms with Crippen LogP contribution in [0.2, 0.25) is 0 Å². The number of allylic oxidation sites excluding steroid dienone is 2. The number of aliphatic hydroxyl groups is 1. The normalized spacial score (nSPS) is 24.0. The number of carbonyl (C=O) groups excluding carboxylic acids is 2. The van der Waals surface area contributed by atoms with Gasteiger partial charge < -0.3 is 14.7 Å². The predicted octanol–water partition coefficient (Wildman–Crippen LogP) is 3.23. The van der Waals surface area contributed by atoms with E-state index in [9.17, 15) is 14.7 Å². The molecule has 4 rings (SSSR count). The number of ether oxygens (including phenoxy) is 1. The number of methoxy groups -OCH3 is 1. The molecule has 1 N–H and O–H groups in total. The molecule has 1 aliphatic carbocycles. The van der Waals surface area contributed by atoms with Crippen LogP contribution in [0.4, 0.5) is 0 Å². The third kappa shape index (κ3) is 2.37. The summed E-state index contributed by atoms with van der Waals surface area (Å²) in [6.45, 7) is 4.84. The SMILES string of the molecule is COC(=O)C1=C(O)C2=C(CC(C)(C)CC2=O)N2CCc3ccccc3[C@H]12. The Hall–Kier alpha value is -2.56. The Morgan fingerprint density at radius 3 is 2.73 bits per heavy atom. The molecule has 0 fully saturated rings. The van der Waals surface area contributed by atoms with E-state index in [2.05, 4.69) is 24.8 Å². The van der Waals surface area contributed by atoms with Crippen LogP contribution in [-0.2, 0) is 20.7 Å². The van der Waals surface area contributed by atoms with Gasteiger partial charge in [0, 0.05) is 18.7 Å². The molecule has 26 heavy (non-hydrogen) atoms. The van der Waals surface area contributed by atoms with Crippen LogP contribution >= 0.6 is 0 Å². The van der Waals surface area contributed by atoms with Crippen LogP contribution in [0.3, 0.4) is 0 Å². The van der Waals surface area contributed by atoms with Crippen LogP contribution in [0.25, 0.3) is 0 Å². The maximum absolute atomic E-state index is 12.8. The molecule has 5 nitrogen and oxygen atoms in total. The smallest absolute Gasteiger partial charge is 0.340 e. The summed E-state index contributed by atoms with van der Waals surface area (Å²) >= 11 is 0. The van der Waals surface area contributed by atoms with Crippen molar-refractivity contribution >= 4 is 11.8 Å². The number of carbonyl (C=O) groups is 2. The minimum atomic E-state index is -0.585. The number of nitrogens with zero attached hydrogens (tertiary/aromatic N) is 1. The number of hydrogen-bond donors (Lipinski definition) is 1. The summed E-state index contributed by atoms with van der Waals surface area (Å²) < 4.78 is 4.96. The van der Waals surface area contributed by atoms with Crippen molar-refractivity contribution in [3.8, 4) is 0 Å². The molecule has 2 aliphatic heterocycles. The predicted molar refractivity (Wildman–Crippen MR) is 96.3 cm³/mol. The molecule has 0 aromatic heterocycles.